The lowest BCUT2D eigenvalue weighted by molar-refractivity contribution is -0.148. The van der Waals surface area contributed by atoms with Crippen molar-refractivity contribution in [2.75, 3.05) is 33.3 Å². The molecule has 1 saturated carbocycles. The smallest absolute Gasteiger partial charge is 0.410 e. The summed E-state index contributed by atoms with van der Waals surface area (Å²) in [6.45, 7) is 9.37. The van der Waals surface area contributed by atoms with E-state index in [9.17, 15) is 9.59 Å². The Bertz CT molecular complexity index is 518. The van der Waals surface area contributed by atoms with Gasteiger partial charge in [-0.15, -0.1) is 0 Å². The zero-order valence-electron chi connectivity index (χ0n) is 16.8. The molecule has 0 N–H and O–H groups in total. The number of hydrogen-bond acceptors (Lipinski definition) is 5. The van der Waals surface area contributed by atoms with Gasteiger partial charge in [0, 0.05) is 19.1 Å². The van der Waals surface area contributed by atoms with Crippen LogP contribution in [-0.4, -0.2) is 66.8 Å². The van der Waals surface area contributed by atoms with Crippen LogP contribution in [0.2, 0.25) is 0 Å². The minimum absolute atomic E-state index is 0.0516. The number of piperidine rings is 2. The molecule has 0 radical (unpaired) electrons. The van der Waals surface area contributed by atoms with E-state index >= 15 is 0 Å². The fourth-order valence-corrected chi connectivity index (χ4v) is 4.76. The van der Waals surface area contributed by atoms with Gasteiger partial charge < -0.3 is 19.3 Å². The molecule has 148 valence electrons. The molecule has 1 spiro atoms. The molecule has 6 nitrogen and oxygen atoms in total. The summed E-state index contributed by atoms with van der Waals surface area (Å²) in [4.78, 5) is 28.3. The molecule has 3 aliphatic rings. The van der Waals surface area contributed by atoms with Crippen molar-refractivity contribution in [3.05, 3.63) is 0 Å². The molecule has 0 atom stereocenters. The summed E-state index contributed by atoms with van der Waals surface area (Å²) in [5, 5.41) is 0. The van der Waals surface area contributed by atoms with E-state index in [-0.39, 0.29) is 18.0 Å². The van der Waals surface area contributed by atoms with Crippen LogP contribution in [0.15, 0.2) is 0 Å². The van der Waals surface area contributed by atoms with Gasteiger partial charge in [-0.2, -0.15) is 0 Å². The van der Waals surface area contributed by atoms with Crippen LogP contribution in [-0.2, 0) is 14.3 Å². The second kappa shape index (κ2) is 7.37. The van der Waals surface area contributed by atoms with Gasteiger partial charge in [-0.25, -0.2) is 4.79 Å². The summed E-state index contributed by atoms with van der Waals surface area (Å²) in [7, 11) is 1.48. The summed E-state index contributed by atoms with van der Waals surface area (Å²) >= 11 is 0. The number of esters is 1. The number of rotatable bonds is 2. The lowest BCUT2D eigenvalue weighted by Crippen LogP contribution is -2.57. The maximum Gasteiger partial charge on any atom is 0.410 e. The zero-order valence-corrected chi connectivity index (χ0v) is 16.8. The maximum absolute atomic E-state index is 12.2. The van der Waals surface area contributed by atoms with Crippen molar-refractivity contribution >= 4 is 12.1 Å². The second-order valence-corrected chi connectivity index (χ2v) is 9.36. The number of carbonyl (C=O) groups excluding carboxylic acids is 2. The number of nitrogens with zero attached hydrogens (tertiary/aromatic N) is 2. The molecule has 2 heterocycles. The summed E-state index contributed by atoms with van der Waals surface area (Å²) in [5.41, 5.74) is -0.00746. The predicted octanol–water partition coefficient (Wildman–Crippen LogP) is 3.05. The topological polar surface area (TPSA) is 59.1 Å². The molecule has 1 amide bonds. The molecule has 0 aromatic rings. The van der Waals surface area contributed by atoms with Crippen molar-refractivity contribution in [3.8, 4) is 0 Å². The fraction of sp³-hybridized carbons (Fsp3) is 0.900. The molecular weight excluding hydrogens is 332 g/mol. The molecule has 0 unspecified atom stereocenters. The highest BCUT2D eigenvalue weighted by molar-refractivity contribution is 5.72. The molecule has 6 heteroatoms. The van der Waals surface area contributed by atoms with Crippen LogP contribution in [0.4, 0.5) is 4.79 Å². The minimum atomic E-state index is -0.426. The summed E-state index contributed by atoms with van der Waals surface area (Å²) in [6, 6.07) is 0.654. The quantitative estimate of drug-likeness (QED) is 0.703. The third-order valence-corrected chi connectivity index (χ3v) is 6.39. The van der Waals surface area contributed by atoms with Crippen LogP contribution < -0.4 is 0 Å². The van der Waals surface area contributed by atoms with Crippen molar-refractivity contribution in [2.24, 2.45) is 11.3 Å². The molecule has 3 fully saturated rings. The first-order valence-corrected chi connectivity index (χ1v) is 10.0. The number of methoxy groups -OCH3 is 1. The summed E-state index contributed by atoms with van der Waals surface area (Å²) < 4.78 is 10.4. The van der Waals surface area contributed by atoms with E-state index in [0.717, 1.165) is 51.9 Å². The Hall–Kier alpha value is -1.30. The first kappa shape index (κ1) is 19.5. The van der Waals surface area contributed by atoms with Crippen molar-refractivity contribution in [3.63, 3.8) is 0 Å². The Morgan fingerprint density at radius 1 is 1.00 bits per heavy atom. The van der Waals surface area contributed by atoms with Crippen molar-refractivity contribution in [1.29, 1.82) is 0 Å². The van der Waals surface area contributed by atoms with Gasteiger partial charge >= 0.3 is 12.1 Å². The third-order valence-electron chi connectivity index (χ3n) is 6.39. The van der Waals surface area contributed by atoms with Crippen molar-refractivity contribution < 1.29 is 19.1 Å². The van der Waals surface area contributed by atoms with Crippen LogP contribution >= 0.6 is 0 Å². The Labute approximate surface area is 157 Å². The minimum Gasteiger partial charge on any atom is -0.469 e. The normalized spacial score (nSPS) is 25.0. The second-order valence-electron chi connectivity index (χ2n) is 9.36. The van der Waals surface area contributed by atoms with Gasteiger partial charge in [0.25, 0.3) is 0 Å². The maximum atomic E-state index is 12.2. The predicted molar refractivity (Wildman–Crippen MR) is 98.8 cm³/mol. The van der Waals surface area contributed by atoms with Gasteiger partial charge in [0.2, 0.25) is 0 Å². The Balaban J connectivity index is 1.40. The van der Waals surface area contributed by atoms with Crippen LogP contribution in [0.1, 0.15) is 59.3 Å². The molecule has 1 aliphatic carbocycles. The lowest BCUT2D eigenvalue weighted by Gasteiger charge is -2.56. The van der Waals surface area contributed by atoms with E-state index < -0.39 is 5.60 Å². The van der Waals surface area contributed by atoms with Crippen molar-refractivity contribution in [1.82, 2.24) is 9.80 Å². The molecule has 3 rings (SSSR count). The largest absolute Gasteiger partial charge is 0.469 e. The van der Waals surface area contributed by atoms with Crippen LogP contribution in [0.25, 0.3) is 0 Å². The van der Waals surface area contributed by atoms with E-state index in [2.05, 4.69) is 4.90 Å². The highest BCUT2D eigenvalue weighted by Crippen LogP contribution is 2.51. The Kier molecular flexibility index (Phi) is 5.52. The van der Waals surface area contributed by atoms with Gasteiger partial charge in [-0.1, -0.05) is 0 Å². The highest BCUT2D eigenvalue weighted by Gasteiger charge is 2.49. The summed E-state index contributed by atoms with van der Waals surface area (Å²) in [6.07, 6.45) is 6.30. The Morgan fingerprint density at radius 3 is 2.08 bits per heavy atom. The van der Waals surface area contributed by atoms with Crippen LogP contribution in [0.3, 0.4) is 0 Å². The Morgan fingerprint density at radius 2 is 1.58 bits per heavy atom. The van der Waals surface area contributed by atoms with Gasteiger partial charge in [-0.3, -0.25) is 4.79 Å². The monoisotopic (exact) mass is 366 g/mol. The number of ether oxygens (including phenoxy) is 2. The fourth-order valence-electron chi connectivity index (χ4n) is 4.76. The molecule has 0 aromatic heterocycles. The van der Waals surface area contributed by atoms with Gasteiger partial charge in [-0.05, 0) is 77.8 Å². The number of amides is 1. The van der Waals surface area contributed by atoms with Crippen LogP contribution in [0, 0.1) is 11.3 Å². The zero-order chi connectivity index (χ0) is 18.9. The molecule has 26 heavy (non-hydrogen) atoms. The van der Waals surface area contributed by atoms with Gasteiger partial charge in [0.05, 0.1) is 13.0 Å². The van der Waals surface area contributed by atoms with E-state index in [0.29, 0.717) is 11.5 Å². The number of carbonyl (C=O) groups is 2. The first-order chi connectivity index (χ1) is 12.2. The van der Waals surface area contributed by atoms with Crippen LogP contribution in [0.5, 0.6) is 0 Å². The van der Waals surface area contributed by atoms with Gasteiger partial charge in [0.1, 0.15) is 5.60 Å². The first-order valence-electron chi connectivity index (χ1n) is 10.0. The third kappa shape index (κ3) is 4.33. The van der Waals surface area contributed by atoms with E-state index in [1.54, 1.807) is 0 Å². The lowest BCUT2D eigenvalue weighted by atomic mass is 9.60. The molecule has 0 aromatic carbocycles. The summed E-state index contributed by atoms with van der Waals surface area (Å²) in [5.74, 6) is 0.0339. The molecule has 2 aliphatic heterocycles. The number of likely N-dealkylation sites (tertiary alicyclic amines) is 2. The van der Waals surface area contributed by atoms with E-state index in [4.69, 9.17) is 9.47 Å². The van der Waals surface area contributed by atoms with E-state index in [1.807, 2.05) is 25.7 Å². The SMILES string of the molecule is COC(=O)C1CCN(C2CC3(CCN(C(=O)OC(C)(C)C)CC3)C2)CC1. The van der Waals surface area contributed by atoms with E-state index in [1.165, 1.54) is 20.0 Å². The highest BCUT2D eigenvalue weighted by atomic mass is 16.6. The number of hydrogen-bond donors (Lipinski definition) is 0. The van der Waals surface area contributed by atoms with Crippen molar-refractivity contribution in [2.45, 2.75) is 70.9 Å². The average molecular weight is 367 g/mol. The molecular formula is C20H34N2O4. The molecule has 0 bridgehead atoms. The van der Waals surface area contributed by atoms with Gasteiger partial charge in [0.15, 0.2) is 0 Å². The average Bonchev–Trinajstić information content (AvgIpc) is 2.58. The molecule has 2 saturated heterocycles. The standard InChI is InChI=1S/C20H34N2O4/c1-19(2,3)26-18(24)22-11-7-20(8-12-22)13-16(14-20)21-9-5-15(6-10-21)17(23)25-4/h15-16H,5-14H2,1-4H3.